The van der Waals surface area contributed by atoms with E-state index in [9.17, 15) is 0 Å². The van der Waals surface area contributed by atoms with E-state index in [0.29, 0.717) is 0 Å². The van der Waals surface area contributed by atoms with Gasteiger partial charge in [-0.05, 0) is 17.9 Å². The van der Waals surface area contributed by atoms with Gasteiger partial charge in [-0.15, -0.1) is 0 Å². The molecule has 11 heavy (non-hydrogen) atoms. The van der Waals surface area contributed by atoms with Gasteiger partial charge >= 0.3 is 0 Å². The van der Waals surface area contributed by atoms with Crippen molar-refractivity contribution in [2.75, 3.05) is 0 Å². The lowest BCUT2D eigenvalue weighted by Gasteiger charge is -2.19. The van der Waals surface area contributed by atoms with Crippen LogP contribution >= 0.6 is 0 Å². The normalized spacial score (nSPS) is 15.5. The summed E-state index contributed by atoms with van der Waals surface area (Å²) in [7, 11) is 0. The van der Waals surface area contributed by atoms with Gasteiger partial charge in [-0.3, -0.25) is 0 Å². The molecule has 0 saturated heterocycles. The average Bonchev–Trinajstić information content (AvgIpc) is 2.06. The van der Waals surface area contributed by atoms with Gasteiger partial charge in [0.1, 0.15) is 0 Å². The minimum atomic E-state index is -0.134. The highest BCUT2D eigenvalue weighted by Gasteiger charge is 2.12. The summed E-state index contributed by atoms with van der Waals surface area (Å²) in [5, 5.41) is 0. The van der Waals surface area contributed by atoms with Crippen molar-refractivity contribution in [3.8, 4) is 0 Å². The molecule has 0 spiro atoms. The van der Waals surface area contributed by atoms with Crippen molar-refractivity contribution in [1.82, 2.24) is 0 Å². The lowest BCUT2D eigenvalue weighted by molar-refractivity contribution is 0.590. The maximum absolute atomic E-state index is 7.78. The van der Waals surface area contributed by atoms with Gasteiger partial charge in [-0.2, -0.15) is 0 Å². The highest BCUT2D eigenvalue weighted by Crippen LogP contribution is 2.22. The van der Waals surface area contributed by atoms with Crippen LogP contribution in [0.2, 0.25) is 0 Å². The van der Waals surface area contributed by atoms with E-state index in [0.717, 1.165) is 11.1 Å². The second-order valence-electron chi connectivity index (χ2n) is 3.87. The molecule has 0 aliphatic rings. The van der Waals surface area contributed by atoms with E-state index in [-0.39, 0.29) is 23.5 Å². The summed E-state index contributed by atoms with van der Waals surface area (Å²) in [6, 6.07) is 2.24. The molecule has 1 rings (SSSR count). The van der Waals surface area contributed by atoms with Crippen LogP contribution in [0.25, 0.3) is 0 Å². The molecular formula is C11H16. The molecule has 1 aromatic carbocycles. The predicted molar refractivity (Wildman–Crippen MR) is 49.9 cm³/mol. The Morgan fingerprint density at radius 2 is 1.91 bits per heavy atom. The fraction of sp³-hybridized carbons (Fsp3) is 0.455. The second kappa shape index (κ2) is 2.69. The molecule has 0 fully saturated rings. The van der Waals surface area contributed by atoms with Gasteiger partial charge in [0.25, 0.3) is 0 Å². The first kappa shape index (κ1) is 4.97. The van der Waals surface area contributed by atoms with Crippen molar-refractivity contribution in [2.24, 2.45) is 0 Å². The van der Waals surface area contributed by atoms with Gasteiger partial charge < -0.3 is 0 Å². The third-order valence-corrected chi connectivity index (χ3v) is 1.63. The van der Waals surface area contributed by atoms with E-state index in [1.807, 2.05) is 33.8 Å². The number of hydrogen-bond donors (Lipinski definition) is 0. The smallest absolute Gasteiger partial charge is 0.0617 e. The number of benzene rings is 1. The molecule has 0 nitrogen and oxygen atoms in total. The zero-order chi connectivity index (χ0) is 11.1. The van der Waals surface area contributed by atoms with Gasteiger partial charge in [0.2, 0.25) is 0 Å². The molecule has 1 aromatic rings. The molecule has 0 saturated carbocycles. The summed E-state index contributed by atoms with van der Waals surface area (Å²) >= 11 is 0. The number of aryl methyl sites for hydroxylation is 1. The van der Waals surface area contributed by atoms with Crippen LogP contribution in [0.4, 0.5) is 0 Å². The van der Waals surface area contributed by atoms with E-state index in [1.165, 1.54) is 0 Å². The zero-order valence-electron chi connectivity index (χ0n) is 10.6. The van der Waals surface area contributed by atoms with Crippen molar-refractivity contribution in [1.29, 1.82) is 0 Å². The summed E-state index contributed by atoms with van der Waals surface area (Å²) in [5.74, 6) is 0. The average molecular weight is 151 g/mol. The molecule has 0 heterocycles. The van der Waals surface area contributed by atoms with Crippen molar-refractivity contribution in [3.63, 3.8) is 0 Å². The second-order valence-corrected chi connectivity index (χ2v) is 3.87. The Morgan fingerprint density at radius 3 is 2.45 bits per heavy atom. The van der Waals surface area contributed by atoms with Crippen LogP contribution in [0.3, 0.4) is 0 Å². The molecule has 0 N–H and O–H groups in total. The largest absolute Gasteiger partial charge is 0.0626 e. The highest BCUT2D eigenvalue weighted by atomic mass is 14.2. The highest BCUT2D eigenvalue weighted by molar-refractivity contribution is 5.27. The minimum absolute atomic E-state index is 0.0370. The summed E-state index contributed by atoms with van der Waals surface area (Å²) in [6.07, 6.45) is 0. The Morgan fingerprint density at radius 1 is 1.27 bits per heavy atom. The Hall–Kier alpha value is -0.780. The summed E-state index contributed by atoms with van der Waals surface area (Å²) in [5.41, 5.74) is 1.48. The van der Waals surface area contributed by atoms with Crippen LogP contribution in [-0.4, -0.2) is 0 Å². The van der Waals surface area contributed by atoms with Crippen molar-refractivity contribution in [2.45, 2.75) is 33.1 Å². The van der Waals surface area contributed by atoms with E-state index in [2.05, 4.69) is 0 Å². The molecule has 0 radical (unpaired) electrons. The van der Waals surface area contributed by atoms with Crippen LogP contribution in [-0.2, 0) is 5.41 Å². The van der Waals surface area contributed by atoms with Crippen LogP contribution in [0, 0.1) is 6.92 Å². The standard InChI is InChI=1S/C11H16/c1-9-6-5-7-10(8-9)11(2,3)4/h5-8H,1-4H3/i5D,6D,7D. The lowest BCUT2D eigenvalue weighted by atomic mass is 9.86. The van der Waals surface area contributed by atoms with Gasteiger partial charge in [-0.25, -0.2) is 0 Å². The fourth-order valence-corrected chi connectivity index (χ4v) is 0.890. The third kappa shape index (κ3) is 2.07. The van der Waals surface area contributed by atoms with Crippen LogP contribution in [0.1, 0.15) is 36.0 Å². The number of rotatable bonds is 0. The molecule has 0 unspecified atom stereocenters. The SMILES string of the molecule is [2H]c1c(C)cc(C(C)(C)C)c([2H])c1[2H]. The lowest BCUT2D eigenvalue weighted by Crippen LogP contribution is -2.10. The quantitative estimate of drug-likeness (QED) is 0.533. The van der Waals surface area contributed by atoms with Gasteiger partial charge in [0.05, 0.1) is 4.11 Å². The first-order valence-electron chi connectivity index (χ1n) is 5.33. The van der Waals surface area contributed by atoms with Gasteiger partial charge in [0.15, 0.2) is 0 Å². The Bertz CT molecular complexity index is 362. The maximum atomic E-state index is 7.78. The minimum Gasteiger partial charge on any atom is -0.0617 e. The topological polar surface area (TPSA) is 0 Å². The molecular weight excluding hydrogens is 132 g/mol. The molecule has 0 amide bonds. The maximum Gasteiger partial charge on any atom is 0.0626 e. The third-order valence-electron chi connectivity index (χ3n) is 1.63. The Labute approximate surface area is 73.5 Å². The van der Waals surface area contributed by atoms with Crippen molar-refractivity contribution in [3.05, 3.63) is 35.3 Å². The molecule has 0 aromatic heterocycles. The summed E-state index contributed by atoms with van der Waals surface area (Å²) < 4.78 is 23.0. The molecule has 60 valence electrons. The van der Waals surface area contributed by atoms with Crippen LogP contribution in [0.5, 0.6) is 0 Å². The van der Waals surface area contributed by atoms with Crippen LogP contribution < -0.4 is 0 Å². The van der Waals surface area contributed by atoms with Crippen molar-refractivity contribution >= 4 is 0 Å². The predicted octanol–water partition coefficient (Wildman–Crippen LogP) is 3.29. The summed E-state index contributed by atoms with van der Waals surface area (Å²) in [4.78, 5) is 0. The van der Waals surface area contributed by atoms with E-state index in [1.54, 1.807) is 0 Å². The number of hydrogen-bond acceptors (Lipinski definition) is 0. The molecule has 0 aliphatic carbocycles. The monoisotopic (exact) mass is 151 g/mol. The van der Waals surface area contributed by atoms with E-state index in [4.69, 9.17) is 4.11 Å². The molecule has 0 aliphatic heterocycles. The molecule has 0 atom stereocenters. The Kier molecular flexibility index (Phi) is 1.22. The first-order valence-corrected chi connectivity index (χ1v) is 3.83. The molecule has 0 bridgehead atoms. The van der Waals surface area contributed by atoms with E-state index >= 15 is 0 Å². The first-order chi connectivity index (χ1) is 6.25. The van der Waals surface area contributed by atoms with Crippen LogP contribution in [0.15, 0.2) is 24.2 Å². The van der Waals surface area contributed by atoms with Crippen molar-refractivity contribution < 1.29 is 4.11 Å². The fourth-order valence-electron chi connectivity index (χ4n) is 0.890. The Balaban J connectivity index is 3.49. The van der Waals surface area contributed by atoms with Gasteiger partial charge in [-0.1, -0.05) is 50.5 Å². The van der Waals surface area contributed by atoms with Gasteiger partial charge in [0, 0.05) is 0 Å². The molecule has 0 heteroatoms. The summed E-state index contributed by atoms with van der Waals surface area (Å²) in [6.45, 7) is 7.86. The van der Waals surface area contributed by atoms with E-state index < -0.39 is 0 Å². The zero-order valence-corrected chi connectivity index (χ0v) is 7.58.